The number of fused-ring (bicyclic) bond motifs is 1. The van der Waals surface area contributed by atoms with Crippen LogP contribution in [0.15, 0.2) is 55.2 Å². The topological polar surface area (TPSA) is 120 Å². The molecule has 4 aromatic heterocycles. The third-order valence-electron chi connectivity index (χ3n) is 6.04. The molecule has 8 nitrogen and oxygen atoms in total. The van der Waals surface area contributed by atoms with Crippen LogP contribution in [0.3, 0.4) is 0 Å². The first kappa shape index (κ1) is 19.6. The second kappa shape index (κ2) is 7.72. The average Bonchev–Trinajstić information content (AvgIpc) is 3.20. The Labute approximate surface area is 180 Å². The molecule has 0 saturated heterocycles. The maximum absolute atomic E-state index is 6.72. The number of aryl methyl sites for hydroxylation is 1. The molecule has 158 valence electrons. The van der Waals surface area contributed by atoms with E-state index in [0.717, 1.165) is 59.7 Å². The van der Waals surface area contributed by atoms with Crippen molar-refractivity contribution < 1.29 is 0 Å². The van der Waals surface area contributed by atoms with Crippen LogP contribution in [0.5, 0.6) is 0 Å². The zero-order chi connectivity index (χ0) is 21.4. The summed E-state index contributed by atoms with van der Waals surface area (Å²) < 4.78 is 2.04. The number of imidazole rings is 1. The Hall–Kier alpha value is -3.36. The Morgan fingerprint density at radius 3 is 2.68 bits per heavy atom. The van der Waals surface area contributed by atoms with Gasteiger partial charge in [-0.3, -0.25) is 9.38 Å². The molecular formula is C23H26N8. The summed E-state index contributed by atoms with van der Waals surface area (Å²) in [6.07, 6.45) is 12.6. The van der Waals surface area contributed by atoms with Crippen molar-refractivity contribution in [3.05, 3.63) is 66.6 Å². The quantitative estimate of drug-likeness (QED) is 0.468. The fraction of sp³-hybridized carbons (Fsp3) is 0.304. The van der Waals surface area contributed by atoms with Crippen LogP contribution in [0.1, 0.15) is 37.1 Å². The van der Waals surface area contributed by atoms with Gasteiger partial charge in [0.2, 0.25) is 0 Å². The van der Waals surface area contributed by atoms with E-state index in [-0.39, 0.29) is 6.04 Å². The number of hydrogen-bond donors (Lipinski definition) is 3. The number of nitrogens with zero attached hydrogens (tertiary/aromatic N) is 5. The van der Waals surface area contributed by atoms with Crippen molar-refractivity contribution in [1.29, 1.82) is 0 Å². The van der Waals surface area contributed by atoms with Gasteiger partial charge in [-0.2, -0.15) is 0 Å². The smallest absolute Gasteiger partial charge is 0.148 e. The second-order valence-corrected chi connectivity index (χ2v) is 8.37. The van der Waals surface area contributed by atoms with E-state index in [1.54, 1.807) is 12.4 Å². The maximum atomic E-state index is 6.72. The van der Waals surface area contributed by atoms with Crippen molar-refractivity contribution in [2.24, 2.45) is 11.5 Å². The van der Waals surface area contributed by atoms with Crippen molar-refractivity contribution in [1.82, 2.24) is 24.3 Å². The number of aromatic nitrogens is 5. The number of pyridine rings is 2. The molecule has 0 bridgehead atoms. The van der Waals surface area contributed by atoms with E-state index in [4.69, 9.17) is 16.5 Å². The summed E-state index contributed by atoms with van der Waals surface area (Å²) in [6, 6.07) is 8.06. The van der Waals surface area contributed by atoms with Gasteiger partial charge in [-0.1, -0.05) is 0 Å². The Kier molecular flexibility index (Phi) is 4.88. The second-order valence-electron chi connectivity index (χ2n) is 8.37. The fourth-order valence-electron chi connectivity index (χ4n) is 4.15. The van der Waals surface area contributed by atoms with Crippen LogP contribution >= 0.6 is 0 Å². The zero-order valence-electron chi connectivity index (χ0n) is 17.5. The van der Waals surface area contributed by atoms with Crippen LogP contribution in [0.2, 0.25) is 0 Å². The highest BCUT2D eigenvalue weighted by Crippen LogP contribution is 2.34. The van der Waals surface area contributed by atoms with E-state index in [1.165, 1.54) is 0 Å². The monoisotopic (exact) mass is 414 g/mol. The molecule has 1 aliphatic carbocycles. The Balaban J connectivity index is 1.54. The standard InChI is InChI=1S/C23H26N8/c1-15-11-28-22(23(25)8-6-16(24)7-9-23)30-21(15)19-13-27-20-5-4-18(14-31(19)20)29-17-3-2-10-26-12-17/h2-5,10-14,16,29H,6-9,24-25H2,1H3. The normalized spacial score (nSPS) is 21.3. The van der Waals surface area contributed by atoms with E-state index < -0.39 is 5.54 Å². The molecule has 0 atom stereocenters. The number of hydrogen-bond acceptors (Lipinski definition) is 7. The Morgan fingerprint density at radius 1 is 1.06 bits per heavy atom. The molecule has 4 aromatic rings. The van der Waals surface area contributed by atoms with Crippen LogP contribution in [-0.2, 0) is 5.54 Å². The average molecular weight is 415 g/mol. The Morgan fingerprint density at radius 2 is 1.90 bits per heavy atom. The van der Waals surface area contributed by atoms with Crippen LogP contribution in [0, 0.1) is 6.92 Å². The largest absolute Gasteiger partial charge is 0.353 e. The van der Waals surface area contributed by atoms with Gasteiger partial charge in [0.15, 0.2) is 0 Å². The van der Waals surface area contributed by atoms with E-state index in [0.29, 0.717) is 5.82 Å². The van der Waals surface area contributed by atoms with Crippen molar-refractivity contribution in [3.63, 3.8) is 0 Å². The lowest BCUT2D eigenvalue weighted by molar-refractivity contribution is 0.264. The van der Waals surface area contributed by atoms with E-state index >= 15 is 0 Å². The summed E-state index contributed by atoms with van der Waals surface area (Å²) >= 11 is 0. The van der Waals surface area contributed by atoms with Gasteiger partial charge in [-0.15, -0.1) is 0 Å². The summed E-state index contributed by atoms with van der Waals surface area (Å²) in [5.41, 5.74) is 17.7. The van der Waals surface area contributed by atoms with Gasteiger partial charge in [-0.05, 0) is 62.4 Å². The molecule has 0 aliphatic heterocycles. The maximum Gasteiger partial charge on any atom is 0.148 e. The summed E-state index contributed by atoms with van der Waals surface area (Å²) in [6.45, 7) is 2.01. The first-order valence-electron chi connectivity index (χ1n) is 10.5. The van der Waals surface area contributed by atoms with Gasteiger partial charge >= 0.3 is 0 Å². The summed E-state index contributed by atoms with van der Waals surface area (Å²) in [4.78, 5) is 18.3. The number of rotatable bonds is 4. The van der Waals surface area contributed by atoms with Crippen molar-refractivity contribution in [3.8, 4) is 11.4 Å². The molecule has 0 unspecified atom stereocenters. The highest BCUT2D eigenvalue weighted by Gasteiger charge is 2.35. The van der Waals surface area contributed by atoms with Gasteiger partial charge in [0.05, 0.1) is 40.7 Å². The van der Waals surface area contributed by atoms with Crippen LogP contribution in [0.4, 0.5) is 11.4 Å². The van der Waals surface area contributed by atoms with Crippen LogP contribution in [0.25, 0.3) is 17.0 Å². The first-order valence-corrected chi connectivity index (χ1v) is 10.5. The zero-order valence-corrected chi connectivity index (χ0v) is 17.5. The number of anilines is 2. The highest BCUT2D eigenvalue weighted by molar-refractivity contribution is 5.66. The molecule has 1 saturated carbocycles. The molecule has 5 N–H and O–H groups in total. The van der Waals surface area contributed by atoms with Gasteiger partial charge in [0.1, 0.15) is 11.5 Å². The third-order valence-corrected chi connectivity index (χ3v) is 6.04. The summed E-state index contributed by atoms with van der Waals surface area (Å²) in [7, 11) is 0. The molecule has 5 rings (SSSR count). The molecule has 31 heavy (non-hydrogen) atoms. The molecule has 4 heterocycles. The molecule has 0 spiro atoms. The molecule has 1 fully saturated rings. The third kappa shape index (κ3) is 3.75. The number of nitrogens with two attached hydrogens (primary N) is 2. The van der Waals surface area contributed by atoms with E-state index in [9.17, 15) is 0 Å². The van der Waals surface area contributed by atoms with E-state index in [1.807, 2.05) is 54.2 Å². The van der Waals surface area contributed by atoms with Gasteiger partial charge in [0, 0.05) is 24.6 Å². The van der Waals surface area contributed by atoms with Crippen LogP contribution in [-0.4, -0.2) is 30.4 Å². The minimum atomic E-state index is -0.536. The molecule has 0 aromatic carbocycles. The fourth-order valence-corrected chi connectivity index (χ4v) is 4.15. The minimum Gasteiger partial charge on any atom is -0.353 e. The van der Waals surface area contributed by atoms with Crippen molar-refractivity contribution in [2.75, 3.05) is 5.32 Å². The van der Waals surface area contributed by atoms with Crippen LogP contribution < -0.4 is 16.8 Å². The molecule has 8 heteroatoms. The SMILES string of the molecule is Cc1cnc(C2(N)CCC(N)CC2)nc1-c1cnc2ccc(Nc3cccnc3)cn12. The summed E-state index contributed by atoms with van der Waals surface area (Å²) in [5, 5.41) is 3.38. The summed E-state index contributed by atoms with van der Waals surface area (Å²) in [5.74, 6) is 0.680. The predicted molar refractivity (Wildman–Crippen MR) is 121 cm³/mol. The van der Waals surface area contributed by atoms with Gasteiger partial charge in [0.25, 0.3) is 0 Å². The molecular weight excluding hydrogens is 388 g/mol. The van der Waals surface area contributed by atoms with Crippen molar-refractivity contribution >= 4 is 17.0 Å². The lowest BCUT2D eigenvalue weighted by atomic mass is 9.79. The van der Waals surface area contributed by atoms with Gasteiger partial charge in [-0.25, -0.2) is 15.0 Å². The first-order chi connectivity index (χ1) is 15.0. The molecule has 0 amide bonds. The minimum absolute atomic E-state index is 0.214. The molecule has 1 aliphatic rings. The molecule has 0 radical (unpaired) electrons. The van der Waals surface area contributed by atoms with E-state index in [2.05, 4.69) is 20.3 Å². The van der Waals surface area contributed by atoms with Gasteiger partial charge < -0.3 is 16.8 Å². The Bertz CT molecular complexity index is 1210. The lowest BCUT2D eigenvalue weighted by Gasteiger charge is -2.34. The van der Waals surface area contributed by atoms with Crippen molar-refractivity contribution in [2.45, 2.75) is 44.2 Å². The number of nitrogens with one attached hydrogen (secondary N) is 1. The predicted octanol–water partition coefficient (Wildman–Crippen LogP) is 3.29. The lowest BCUT2D eigenvalue weighted by Crippen LogP contribution is -2.45. The highest BCUT2D eigenvalue weighted by atomic mass is 15.1.